The molecule has 0 heterocycles. The van der Waals surface area contributed by atoms with Gasteiger partial charge in [0.25, 0.3) is 0 Å². The van der Waals surface area contributed by atoms with E-state index >= 15 is 0 Å². The summed E-state index contributed by atoms with van der Waals surface area (Å²) in [5, 5.41) is 8.77. The Bertz CT molecular complexity index is 780. The SMILES string of the molecule is O=C(O)Cc1cc(-c2ccccc2OC(F)(F)F)cc(C(F)(F)F)c1. The molecule has 0 fully saturated rings. The zero-order valence-electron chi connectivity index (χ0n) is 12.3. The van der Waals surface area contributed by atoms with E-state index in [4.69, 9.17) is 5.11 Å². The van der Waals surface area contributed by atoms with Crippen molar-refractivity contribution in [3.8, 4) is 16.9 Å². The Balaban J connectivity index is 2.60. The van der Waals surface area contributed by atoms with Gasteiger partial charge in [0.05, 0.1) is 12.0 Å². The van der Waals surface area contributed by atoms with Crippen LogP contribution in [-0.2, 0) is 17.4 Å². The van der Waals surface area contributed by atoms with Crippen molar-refractivity contribution in [2.24, 2.45) is 0 Å². The Labute approximate surface area is 137 Å². The van der Waals surface area contributed by atoms with Crippen molar-refractivity contribution in [2.45, 2.75) is 19.0 Å². The lowest BCUT2D eigenvalue weighted by atomic mass is 9.97. The number of carbonyl (C=O) groups is 1. The predicted molar refractivity (Wildman–Crippen MR) is 74.9 cm³/mol. The maximum atomic E-state index is 13.0. The maximum absolute atomic E-state index is 13.0. The van der Waals surface area contributed by atoms with E-state index < -0.39 is 36.2 Å². The van der Waals surface area contributed by atoms with E-state index in [1.807, 2.05) is 0 Å². The van der Waals surface area contributed by atoms with E-state index in [2.05, 4.69) is 4.74 Å². The van der Waals surface area contributed by atoms with Crippen LogP contribution in [0.4, 0.5) is 26.3 Å². The minimum atomic E-state index is -5.03. The van der Waals surface area contributed by atoms with Crippen LogP contribution < -0.4 is 4.74 Å². The molecule has 134 valence electrons. The van der Waals surface area contributed by atoms with E-state index in [9.17, 15) is 31.1 Å². The molecule has 0 aromatic heterocycles. The summed E-state index contributed by atoms with van der Waals surface area (Å²) >= 11 is 0. The van der Waals surface area contributed by atoms with Crippen LogP contribution >= 0.6 is 0 Å². The van der Waals surface area contributed by atoms with Crippen molar-refractivity contribution >= 4 is 5.97 Å². The van der Waals surface area contributed by atoms with Crippen LogP contribution in [0.3, 0.4) is 0 Å². The Hall–Kier alpha value is -2.71. The number of ether oxygens (including phenoxy) is 1. The van der Waals surface area contributed by atoms with Crippen LogP contribution in [0.2, 0.25) is 0 Å². The molecule has 0 radical (unpaired) electrons. The second-order valence-corrected chi connectivity index (χ2v) is 5.03. The molecular weight excluding hydrogens is 354 g/mol. The average molecular weight is 364 g/mol. The number of aliphatic carboxylic acids is 1. The number of carboxylic acid groups (broad SMARTS) is 1. The zero-order valence-corrected chi connectivity index (χ0v) is 12.3. The summed E-state index contributed by atoms with van der Waals surface area (Å²) in [6.07, 6.45) is -10.5. The van der Waals surface area contributed by atoms with Gasteiger partial charge >= 0.3 is 18.5 Å². The number of benzene rings is 2. The van der Waals surface area contributed by atoms with Gasteiger partial charge in [0.2, 0.25) is 0 Å². The maximum Gasteiger partial charge on any atom is 0.573 e. The fourth-order valence-corrected chi connectivity index (χ4v) is 2.21. The van der Waals surface area contributed by atoms with E-state index in [1.165, 1.54) is 12.1 Å². The Morgan fingerprint density at radius 1 is 1.00 bits per heavy atom. The van der Waals surface area contributed by atoms with Gasteiger partial charge in [-0.15, -0.1) is 13.2 Å². The quantitative estimate of drug-likeness (QED) is 0.785. The molecule has 0 spiro atoms. The molecule has 0 atom stereocenters. The monoisotopic (exact) mass is 364 g/mol. The normalized spacial score (nSPS) is 12.1. The van der Waals surface area contributed by atoms with Crippen molar-refractivity contribution < 1.29 is 41.0 Å². The lowest BCUT2D eigenvalue weighted by molar-refractivity contribution is -0.274. The third-order valence-electron chi connectivity index (χ3n) is 3.10. The fraction of sp³-hybridized carbons (Fsp3) is 0.188. The Morgan fingerprint density at radius 2 is 1.64 bits per heavy atom. The van der Waals surface area contributed by atoms with Gasteiger partial charge in [-0.05, 0) is 29.3 Å². The van der Waals surface area contributed by atoms with Crippen molar-refractivity contribution in [1.82, 2.24) is 0 Å². The first-order valence-corrected chi connectivity index (χ1v) is 6.74. The molecule has 3 nitrogen and oxygen atoms in total. The van der Waals surface area contributed by atoms with Crippen molar-refractivity contribution in [2.75, 3.05) is 0 Å². The fourth-order valence-electron chi connectivity index (χ4n) is 2.21. The number of para-hydroxylation sites is 1. The third-order valence-corrected chi connectivity index (χ3v) is 3.10. The molecule has 0 aliphatic carbocycles. The minimum Gasteiger partial charge on any atom is -0.481 e. The van der Waals surface area contributed by atoms with Gasteiger partial charge in [-0.3, -0.25) is 4.79 Å². The molecule has 0 amide bonds. The molecule has 0 saturated carbocycles. The standard InChI is InChI=1S/C16H10F6O3/c17-15(18,19)11-6-9(7-14(23)24)5-10(8-11)12-3-1-2-4-13(12)25-16(20,21)22/h1-6,8H,7H2,(H,23,24). The number of hydrogen-bond donors (Lipinski definition) is 1. The van der Waals surface area contributed by atoms with Crippen LogP contribution in [0, 0.1) is 0 Å². The number of rotatable bonds is 4. The summed E-state index contributed by atoms with van der Waals surface area (Å²) in [5.41, 5.74) is -1.83. The van der Waals surface area contributed by atoms with Gasteiger partial charge in [-0.2, -0.15) is 13.2 Å². The van der Waals surface area contributed by atoms with Crippen LogP contribution in [0.15, 0.2) is 42.5 Å². The molecular formula is C16H10F6O3. The molecule has 0 aliphatic rings. The topological polar surface area (TPSA) is 46.5 Å². The van der Waals surface area contributed by atoms with Crippen molar-refractivity contribution in [1.29, 1.82) is 0 Å². The van der Waals surface area contributed by atoms with E-state index in [1.54, 1.807) is 0 Å². The number of alkyl halides is 6. The molecule has 0 unspecified atom stereocenters. The highest BCUT2D eigenvalue weighted by molar-refractivity contribution is 5.75. The van der Waals surface area contributed by atoms with E-state index in [-0.39, 0.29) is 16.7 Å². The summed E-state index contributed by atoms with van der Waals surface area (Å²) in [5.74, 6) is -2.05. The molecule has 0 saturated heterocycles. The lowest BCUT2D eigenvalue weighted by Gasteiger charge is -2.16. The van der Waals surface area contributed by atoms with E-state index in [0.29, 0.717) is 12.1 Å². The summed E-state index contributed by atoms with van der Waals surface area (Å²) < 4.78 is 80.3. The van der Waals surface area contributed by atoms with Crippen molar-refractivity contribution in [3.05, 3.63) is 53.6 Å². The molecule has 9 heteroatoms. The largest absolute Gasteiger partial charge is 0.573 e. The third kappa shape index (κ3) is 5.13. The summed E-state index contributed by atoms with van der Waals surface area (Å²) in [6, 6.07) is 7.05. The summed E-state index contributed by atoms with van der Waals surface area (Å²) in [4.78, 5) is 10.8. The second kappa shape index (κ2) is 6.66. The summed E-state index contributed by atoms with van der Waals surface area (Å²) in [7, 11) is 0. The van der Waals surface area contributed by atoms with Gasteiger partial charge in [-0.1, -0.05) is 24.3 Å². The zero-order chi connectivity index (χ0) is 18.8. The highest BCUT2D eigenvalue weighted by atomic mass is 19.4. The predicted octanol–water partition coefficient (Wildman–Crippen LogP) is 4.90. The molecule has 25 heavy (non-hydrogen) atoms. The van der Waals surface area contributed by atoms with Crippen LogP contribution in [0.1, 0.15) is 11.1 Å². The van der Waals surface area contributed by atoms with Crippen LogP contribution in [0.25, 0.3) is 11.1 Å². The Kier molecular flexibility index (Phi) is 4.96. The van der Waals surface area contributed by atoms with Gasteiger partial charge in [0, 0.05) is 5.56 Å². The number of carboxylic acids is 1. The second-order valence-electron chi connectivity index (χ2n) is 5.03. The van der Waals surface area contributed by atoms with E-state index in [0.717, 1.165) is 18.2 Å². The van der Waals surface area contributed by atoms with Gasteiger partial charge in [0.1, 0.15) is 5.75 Å². The minimum absolute atomic E-state index is 0.195. The summed E-state index contributed by atoms with van der Waals surface area (Å²) in [6.45, 7) is 0. The van der Waals surface area contributed by atoms with Gasteiger partial charge in [-0.25, -0.2) is 0 Å². The van der Waals surface area contributed by atoms with Gasteiger partial charge in [0.15, 0.2) is 0 Å². The first-order valence-electron chi connectivity index (χ1n) is 6.74. The first-order chi connectivity index (χ1) is 11.5. The number of hydrogen-bond acceptors (Lipinski definition) is 2. The average Bonchev–Trinajstić information content (AvgIpc) is 2.44. The Morgan fingerprint density at radius 3 is 2.20 bits per heavy atom. The molecule has 0 aliphatic heterocycles. The smallest absolute Gasteiger partial charge is 0.481 e. The lowest BCUT2D eigenvalue weighted by Crippen LogP contribution is -2.17. The number of halogens is 6. The molecule has 2 aromatic carbocycles. The molecule has 0 bridgehead atoms. The van der Waals surface area contributed by atoms with Crippen LogP contribution in [0.5, 0.6) is 5.75 Å². The highest BCUT2D eigenvalue weighted by Gasteiger charge is 2.34. The van der Waals surface area contributed by atoms with Crippen LogP contribution in [-0.4, -0.2) is 17.4 Å². The molecule has 1 N–H and O–H groups in total. The first kappa shape index (κ1) is 18.6. The molecule has 2 aromatic rings. The van der Waals surface area contributed by atoms with Crippen molar-refractivity contribution in [3.63, 3.8) is 0 Å². The highest BCUT2D eigenvalue weighted by Crippen LogP contribution is 2.38. The van der Waals surface area contributed by atoms with Gasteiger partial charge < -0.3 is 9.84 Å². The molecule has 2 rings (SSSR count).